The Labute approximate surface area is 114 Å². The van der Waals surface area contributed by atoms with Crippen molar-refractivity contribution in [1.29, 1.82) is 0 Å². The number of aromatic carboxylic acids is 1. The summed E-state index contributed by atoms with van der Waals surface area (Å²) in [6.07, 6.45) is 1.21. The van der Waals surface area contributed by atoms with Gasteiger partial charge in [-0.25, -0.2) is 9.48 Å². The molecule has 0 aliphatic carbocycles. The number of carbonyl (C=O) groups is 1. The zero-order valence-electron chi connectivity index (χ0n) is 8.78. The Hall–Kier alpha value is -1.97. The van der Waals surface area contributed by atoms with Crippen LogP contribution in [0, 0.1) is 13.8 Å². The van der Waals surface area contributed by atoms with Crippen molar-refractivity contribution in [1.82, 2.24) is 9.78 Å². The van der Waals surface area contributed by atoms with E-state index in [0.29, 0.717) is 9.39 Å². The number of hydrogen-bond acceptors (Lipinski definition) is 4. The molecule has 0 saturated heterocycles. The van der Waals surface area contributed by atoms with Crippen LogP contribution in [0.1, 0.15) is 10.4 Å². The van der Waals surface area contributed by atoms with E-state index in [1.54, 1.807) is 6.07 Å². The average Bonchev–Trinajstić information content (AvgIpc) is 2.71. The number of nitrogens with zero attached hydrogens (tertiary/aromatic N) is 3. The lowest BCUT2D eigenvalue weighted by atomic mass is 10.3. The SMILES string of the molecule is O=C(O)c1cnn(-c2cccc([N+](=O)[O-])c2)c1I. The maximum absolute atomic E-state index is 10.9. The van der Waals surface area contributed by atoms with Gasteiger partial charge < -0.3 is 5.11 Å². The minimum absolute atomic E-state index is 0.0575. The molecule has 2 aromatic rings. The van der Waals surface area contributed by atoms with Crippen molar-refractivity contribution < 1.29 is 14.8 Å². The average molecular weight is 359 g/mol. The smallest absolute Gasteiger partial charge is 0.340 e. The van der Waals surface area contributed by atoms with Gasteiger partial charge in [-0.1, -0.05) is 6.07 Å². The molecule has 1 aromatic heterocycles. The van der Waals surface area contributed by atoms with E-state index in [1.165, 1.54) is 29.1 Å². The third-order valence-corrected chi connectivity index (χ3v) is 3.26. The first-order valence-electron chi connectivity index (χ1n) is 4.72. The highest BCUT2D eigenvalue weighted by Gasteiger charge is 2.16. The molecule has 0 bridgehead atoms. The normalized spacial score (nSPS) is 10.3. The van der Waals surface area contributed by atoms with Crippen molar-refractivity contribution in [2.45, 2.75) is 0 Å². The molecule has 0 saturated carbocycles. The van der Waals surface area contributed by atoms with Gasteiger partial charge in [0.05, 0.1) is 16.8 Å². The summed E-state index contributed by atoms with van der Waals surface area (Å²) in [6.45, 7) is 0. The fraction of sp³-hybridized carbons (Fsp3) is 0. The fourth-order valence-electron chi connectivity index (χ4n) is 1.40. The van der Waals surface area contributed by atoms with E-state index in [-0.39, 0.29) is 11.3 Å². The van der Waals surface area contributed by atoms with Crippen LogP contribution in [-0.4, -0.2) is 25.8 Å². The number of aromatic nitrogens is 2. The van der Waals surface area contributed by atoms with E-state index in [4.69, 9.17) is 5.11 Å². The monoisotopic (exact) mass is 359 g/mol. The summed E-state index contributed by atoms with van der Waals surface area (Å²) in [5, 5.41) is 23.5. The molecule has 2 rings (SSSR count). The molecule has 0 unspecified atom stereocenters. The molecule has 0 fully saturated rings. The van der Waals surface area contributed by atoms with E-state index in [2.05, 4.69) is 5.10 Å². The van der Waals surface area contributed by atoms with Gasteiger partial charge in [-0.15, -0.1) is 0 Å². The minimum atomic E-state index is -1.09. The summed E-state index contributed by atoms with van der Waals surface area (Å²) in [7, 11) is 0. The largest absolute Gasteiger partial charge is 0.478 e. The van der Waals surface area contributed by atoms with Gasteiger partial charge in [-0.3, -0.25) is 10.1 Å². The van der Waals surface area contributed by atoms with Gasteiger partial charge in [0.25, 0.3) is 5.69 Å². The van der Waals surface area contributed by atoms with Crippen LogP contribution >= 0.6 is 22.6 Å². The predicted molar refractivity (Wildman–Crippen MR) is 69.9 cm³/mol. The van der Waals surface area contributed by atoms with Crippen molar-refractivity contribution in [3.05, 3.63) is 49.8 Å². The first-order chi connectivity index (χ1) is 8.50. The van der Waals surface area contributed by atoms with Gasteiger partial charge >= 0.3 is 5.97 Å². The van der Waals surface area contributed by atoms with Crippen LogP contribution in [0.15, 0.2) is 30.5 Å². The third kappa shape index (κ3) is 2.18. The van der Waals surface area contributed by atoms with Crippen LogP contribution < -0.4 is 0 Å². The fourth-order valence-corrected chi connectivity index (χ4v) is 2.17. The molecular formula is C10H6IN3O4. The van der Waals surface area contributed by atoms with Gasteiger partial charge in [0.15, 0.2) is 0 Å². The zero-order chi connectivity index (χ0) is 13.3. The molecule has 92 valence electrons. The van der Waals surface area contributed by atoms with Gasteiger partial charge in [0.2, 0.25) is 0 Å². The second-order valence-electron chi connectivity index (χ2n) is 3.34. The van der Waals surface area contributed by atoms with E-state index >= 15 is 0 Å². The molecule has 1 N–H and O–H groups in total. The molecule has 1 heterocycles. The lowest BCUT2D eigenvalue weighted by Crippen LogP contribution is -2.03. The van der Waals surface area contributed by atoms with Crippen molar-refractivity contribution in [3.63, 3.8) is 0 Å². The Balaban J connectivity index is 2.52. The summed E-state index contributed by atoms with van der Waals surface area (Å²) in [6, 6.07) is 5.83. The Kier molecular flexibility index (Phi) is 3.28. The van der Waals surface area contributed by atoms with E-state index in [0.717, 1.165) is 0 Å². The first-order valence-corrected chi connectivity index (χ1v) is 5.80. The van der Waals surface area contributed by atoms with Crippen LogP contribution in [0.25, 0.3) is 5.69 Å². The molecule has 18 heavy (non-hydrogen) atoms. The maximum Gasteiger partial charge on any atom is 0.340 e. The summed E-state index contributed by atoms with van der Waals surface area (Å²) in [5.41, 5.74) is 0.430. The van der Waals surface area contributed by atoms with E-state index in [9.17, 15) is 14.9 Å². The summed E-state index contributed by atoms with van der Waals surface area (Å²) >= 11 is 1.83. The van der Waals surface area contributed by atoms with Gasteiger partial charge in [0, 0.05) is 12.1 Å². The highest BCUT2D eigenvalue weighted by Crippen LogP contribution is 2.20. The molecule has 0 aliphatic heterocycles. The van der Waals surface area contributed by atoms with Crippen molar-refractivity contribution in [3.8, 4) is 5.69 Å². The number of carboxylic acids is 1. The quantitative estimate of drug-likeness (QED) is 0.514. The Morgan fingerprint density at radius 3 is 2.78 bits per heavy atom. The standard InChI is InChI=1S/C10H6IN3O4/c11-9-8(10(15)16)5-12-13(9)6-2-1-3-7(4-6)14(17)18/h1-5H,(H,15,16). The molecule has 0 spiro atoms. The zero-order valence-corrected chi connectivity index (χ0v) is 10.9. The maximum atomic E-state index is 10.9. The molecular weight excluding hydrogens is 353 g/mol. The number of carboxylic acid groups (broad SMARTS) is 1. The number of rotatable bonds is 3. The third-order valence-electron chi connectivity index (χ3n) is 2.23. The Bertz CT molecular complexity index is 638. The number of hydrogen-bond donors (Lipinski definition) is 1. The number of halogens is 1. The van der Waals surface area contributed by atoms with Crippen molar-refractivity contribution in [2.24, 2.45) is 0 Å². The van der Waals surface area contributed by atoms with Gasteiger partial charge in [-0.05, 0) is 28.7 Å². The minimum Gasteiger partial charge on any atom is -0.478 e. The van der Waals surface area contributed by atoms with Crippen LogP contribution in [0.4, 0.5) is 5.69 Å². The summed E-state index contributed by atoms with van der Waals surface area (Å²) in [4.78, 5) is 21.0. The topological polar surface area (TPSA) is 98.3 Å². The summed E-state index contributed by atoms with van der Waals surface area (Å²) in [5.74, 6) is -1.09. The number of non-ortho nitro benzene ring substituents is 1. The molecule has 0 radical (unpaired) electrons. The van der Waals surface area contributed by atoms with Crippen LogP contribution in [-0.2, 0) is 0 Å². The second kappa shape index (κ2) is 4.72. The molecule has 0 aliphatic rings. The second-order valence-corrected chi connectivity index (χ2v) is 4.36. The van der Waals surface area contributed by atoms with Crippen LogP contribution in [0.3, 0.4) is 0 Å². The number of nitro benzene ring substituents is 1. The van der Waals surface area contributed by atoms with Crippen molar-refractivity contribution in [2.75, 3.05) is 0 Å². The van der Waals surface area contributed by atoms with E-state index < -0.39 is 10.9 Å². The number of benzene rings is 1. The lowest BCUT2D eigenvalue weighted by molar-refractivity contribution is -0.384. The Morgan fingerprint density at radius 1 is 1.50 bits per heavy atom. The van der Waals surface area contributed by atoms with E-state index in [1.807, 2.05) is 22.6 Å². The van der Waals surface area contributed by atoms with Crippen LogP contribution in [0.2, 0.25) is 0 Å². The first kappa shape index (κ1) is 12.5. The molecule has 7 nitrogen and oxygen atoms in total. The van der Waals surface area contributed by atoms with Gasteiger partial charge in [0.1, 0.15) is 9.26 Å². The highest BCUT2D eigenvalue weighted by atomic mass is 127. The molecule has 8 heteroatoms. The van der Waals surface area contributed by atoms with Crippen molar-refractivity contribution >= 4 is 34.2 Å². The predicted octanol–water partition coefficient (Wildman–Crippen LogP) is 2.08. The molecule has 0 atom stereocenters. The van der Waals surface area contributed by atoms with Gasteiger partial charge in [-0.2, -0.15) is 5.10 Å². The highest BCUT2D eigenvalue weighted by molar-refractivity contribution is 14.1. The summed E-state index contributed by atoms with van der Waals surface area (Å²) < 4.78 is 1.73. The lowest BCUT2D eigenvalue weighted by Gasteiger charge is -2.03. The molecule has 0 amide bonds. The molecule has 1 aromatic carbocycles. The Morgan fingerprint density at radius 2 is 2.22 bits per heavy atom. The van der Waals surface area contributed by atoms with Crippen LogP contribution in [0.5, 0.6) is 0 Å². The number of nitro groups is 1.